The van der Waals surface area contributed by atoms with Crippen molar-refractivity contribution < 1.29 is 18.0 Å². The van der Waals surface area contributed by atoms with Crippen molar-refractivity contribution in [2.24, 2.45) is 5.92 Å². The number of carbonyl (C=O) groups excluding carboxylic acids is 2. The zero-order valence-corrected chi connectivity index (χ0v) is 14.7. The van der Waals surface area contributed by atoms with Crippen molar-refractivity contribution in [3.8, 4) is 0 Å². The number of carbonyl (C=O) groups is 2. The third kappa shape index (κ3) is 5.52. The lowest BCUT2D eigenvalue weighted by atomic mass is 10.1. The number of amides is 3. The van der Waals surface area contributed by atoms with E-state index in [2.05, 4.69) is 16.0 Å². The molecule has 8 heteroatoms. The fraction of sp³-hybridized carbons (Fsp3) is 0.500. The molecule has 0 saturated carbocycles. The molecule has 1 fully saturated rings. The van der Waals surface area contributed by atoms with Crippen molar-refractivity contribution in [1.29, 1.82) is 0 Å². The highest BCUT2D eigenvalue weighted by molar-refractivity contribution is 7.91. The summed E-state index contributed by atoms with van der Waals surface area (Å²) in [6, 6.07) is 5.76. The second kappa shape index (κ2) is 7.65. The van der Waals surface area contributed by atoms with Crippen LogP contribution in [-0.4, -0.2) is 44.4 Å². The van der Waals surface area contributed by atoms with E-state index in [9.17, 15) is 18.0 Å². The van der Waals surface area contributed by atoms with Gasteiger partial charge in [-0.3, -0.25) is 4.79 Å². The summed E-state index contributed by atoms with van der Waals surface area (Å²) < 4.78 is 22.8. The van der Waals surface area contributed by atoms with Crippen molar-refractivity contribution in [3.63, 3.8) is 0 Å². The Morgan fingerprint density at radius 2 is 2.04 bits per heavy atom. The van der Waals surface area contributed by atoms with Crippen LogP contribution in [-0.2, 0) is 9.84 Å². The van der Waals surface area contributed by atoms with E-state index in [1.165, 1.54) is 0 Å². The van der Waals surface area contributed by atoms with Gasteiger partial charge in [0, 0.05) is 23.8 Å². The lowest BCUT2D eigenvalue weighted by Crippen LogP contribution is -2.38. The highest BCUT2D eigenvalue weighted by Gasteiger charge is 2.28. The van der Waals surface area contributed by atoms with E-state index in [1.54, 1.807) is 24.3 Å². The van der Waals surface area contributed by atoms with Gasteiger partial charge in [0.1, 0.15) is 0 Å². The summed E-state index contributed by atoms with van der Waals surface area (Å²) in [6.07, 6.45) is 0.424. The van der Waals surface area contributed by atoms with Crippen LogP contribution < -0.4 is 16.0 Å². The molecule has 3 N–H and O–H groups in total. The molecule has 1 saturated heterocycles. The molecule has 1 aliphatic heterocycles. The maximum atomic E-state index is 12.0. The standard InChI is InChI=1S/C16H23N3O4S/c1-11(2)9-17-15(20)12-4-3-5-13(8-12)18-16(21)19-14-6-7-24(22,23)10-14/h3-5,8,11,14H,6-7,9-10H2,1-2H3,(H,17,20)(H2,18,19,21)/t14-/m1/s1. The average Bonchev–Trinajstić information content (AvgIpc) is 2.83. The zero-order valence-electron chi connectivity index (χ0n) is 13.8. The molecule has 3 amide bonds. The van der Waals surface area contributed by atoms with E-state index in [-0.39, 0.29) is 23.5 Å². The van der Waals surface area contributed by atoms with Crippen molar-refractivity contribution in [3.05, 3.63) is 29.8 Å². The van der Waals surface area contributed by atoms with Gasteiger partial charge in [0.05, 0.1) is 11.5 Å². The molecule has 2 rings (SSSR count). The van der Waals surface area contributed by atoms with Crippen LogP contribution in [0.1, 0.15) is 30.6 Å². The minimum Gasteiger partial charge on any atom is -0.352 e. The van der Waals surface area contributed by atoms with Crippen LogP contribution in [0.25, 0.3) is 0 Å². The van der Waals surface area contributed by atoms with Crippen LogP contribution in [0.4, 0.5) is 10.5 Å². The molecule has 1 atom stereocenters. The first-order valence-electron chi connectivity index (χ1n) is 7.91. The van der Waals surface area contributed by atoms with Gasteiger partial charge in [-0.15, -0.1) is 0 Å². The number of sulfone groups is 1. The van der Waals surface area contributed by atoms with Crippen LogP contribution >= 0.6 is 0 Å². The van der Waals surface area contributed by atoms with Gasteiger partial charge in [0.25, 0.3) is 5.91 Å². The lowest BCUT2D eigenvalue weighted by molar-refractivity contribution is 0.0949. The Hall–Kier alpha value is -2.09. The Labute approximate surface area is 142 Å². The maximum absolute atomic E-state index is 12.0. The van der Waals surface area contributed by atoms with Gasteiger partial charge in [-0.05, 0) is 30.5 Å². The number of nitrogens with one attached hydrogen (secondary N) is 3. The summed E-state index contributed by atoms with van der Waals surface area (Å²) in [5, 5.41) is 8.09. The van der Waals surface area contributed by atoms with Crippen LogP contribution in [0.5, 0.6) is 0 Å². The van der Waals surface area contributed by atoms with E-state index in [1.807, 2.05) is 13.8 Å². The normalized spacial score (nSPS) is 19.0. The number of rotatable bonds is 5. The molecule has 0 radical (unpaired) electrons. The largest absolute Gasteiger partial charge is 0.352 e. The SMILES string of the molecule is CC(C)CNC(=O)c1cccc(NC(=O)N[C@@H]2CCS(=O)(=O)C2)c1. The van der Waals surface area contributed by atoms with E-state index >= 15 is 0 Å². The third-order valence-corrected chi connectivity index (χ3v) is 5.39. The van der Waals surface area contributed by atoms with Crippen LogP contribution in [0.15, 0.2) is 24.3 Å². The van der Waals surface area contributed by atoms with Crippen LogP contribution in [0.2, 0.25) is 0 Å². The predicted molar refractivity (Wildman–Crippen MR) is 92.8 cm³/mol. The lowest BCUT2D eigenvalue weighted by Gasteiger charge is -2.13. The molecule has 0 aliphatic carbocycles. The number of hydrogen-bond acceptors (Lipinski definition) is 4. The fourth-order valence-electron chi connectivity index (χ4n) is 2.40. The summed E-state index contributed by atoms with van der Waals surface area (Å²) in [5.74, 6) is 0.222. The van der Waals surface area contributed by atoms with Gasteiger partial charge in [0.15, 0.2) is 9.84 Å². The predicted octanol–water partition coefficient (Wildman–Crippen LogP) is 1.38. The fourth-order valence-corrected chi connectivity index (χ4v) is 4.07. The van der Waals surface area contributed by atoms with Crippen molar-refractivity contribution >= 4 is 27.5 Å². The Kier molecular flexibility index (Phi) is 5.82. The number of anilines is 1. The number of hydrogen-bond donors (Lipinski definition) is 3. The van der Waals surface area contributed by atoms with Gasteiger partial charge >= 0.3 is 6.03 Å². The highest BCUT2D eigenvalue weighted by atomic mass is 32.2. The van der Waals surface area contributed by atoms with Crippen molar-refractivity contribution in [2.75, 3.05) is 23.4 Å². The Bertz CT molecular complexity index is 716. The molecule has 0 unspecified atom stereocenters. The van der Waals surface area contributed by atoms with Gasteiger partial charge in [-0.1, -0.05) is 19.9 Å². The maximum Gasteiger partial charge on any atom is 0.319 e. The smallest absolute Gasteiger partial charge is 0.319 e. The molecule has 0 spiro atoms. The average molecular weight is 353 g/mol. The summed E-state index contributed by atoms with van der Waals surface area (Å²) in [4.78, 5) is 24.0. The summed E-state index contributed by atoms with van der Waals surface area (Å²) in [5.41, 5.74) is 0.933. The summed E-state index contributed by atoms with van der Waals surface area (Å²) in [7, 11) is -3.04. The second-order valence-corrected chi connectivity index (χ2v) is 8.61. The molecule has 1 aromatic carbocycles. The molecular weight excluding hydrogens is 330 g/mol. The molecule has 132 valence electrons. The first kappa shape index (κ1) is 18.3. The quantitative estimate of drug-likeness (QED) is 0.744. The molecule has 24 heavy (non-hydrogen) atoms. The van der Waals surface area contributed by atoms with Crippen LogP contribution in [0.3, 0.4) is 0 Å². The number of benzene rings is 1. The summed E-state index contributed by atoms with van der Waals surface area (Å²) in [6.45, 7) is 4.59. The van der Waals surface area contributed by atoms with E-state index < -0.39 is 15.9 Å². The van der Waals surface area contributed by atoms with Gasteiger partial charge in [-0.2, -0.15) is 0 Å². The minimum absolute atomic E-state index is 0.0297. The third-order valence-electron chi connectivity index (χ3n) is 3.62. The van der Waals surface area contributed by atoms with Gasteiger partial charge < -0.3 is 16.0 Å². The summed E-state index contributed by atoms with van der Waals surface area (Å²) >= 11 is 0. The van der Waals surface area contributed by atoms with Crippen LogP contribution in [0, 0.1) is 5.92 Å². The Balaban J connectivity index is 1.91. The highest BCUT2D eigenvalue weighted by Crippen LogP contribution is 2.13. The molecule has 1 aliphatic rings. The van der Waals surface area contributed by atoms with E-state index in [0.717, 1.165) is 0 Å². The molecule has 0 bridgehead atoms. The first-order chi connectivity index (χ1) is 11.2. The second-order valence-electron chi connectivity index (χ2n) is 6.38. The first-order valence-corrected chi connectivity index (χ1v) is 9.73. The van der Waals surface area contributed by atoms with Gasteiger partial charge in [0.2, 0.25) is 0 Å². The Morgan fingerprint density at radius 3 is 2.67 bits per heavy atom. The molecule has 1 heterocycles. The zero-order chi connectivity index (χ0) is 17.7. The molecule has 1 aromatic rings. The van der Waals surface area contributed by atoms with E-state index in [0.29, 0.717) is 30.1 Å². The Morgan fingerprint density at radius 1 is 1.29 bits per heavy atom. The molecule has 0 aromatic heterocycles. The molecule has 7 nitrogen and oxygen atoms in total. The van der Waals surface area contributed by atoms with Crippen molar-refractivity contribution in [1.82, 2.24) is 10.6 Å². The number of urea groups is 1. The van der Waals surface area contributed by atoms with E-state index in [4.69, 9.17) is 0 Å². The molecular formula is C16H23N3O4S. The van der Waals surface area contributed by atoms with Crippen molar-refractivity contribution in [2.45, 2.75) is 26.3 Å². The monoisotopic (exact) mass is 353 g/mol. The topological polar surface area (TPSA) is 104 Å². The van der Waals surface area contributed by atoms with Gasteiger partial charge in [-0.25, -0.2) is 13.2 Å². The minimum atomic E-state index is -3.04.